The number of hydrogen-bond acceptors (Lipinski definition) is 3. The van der Waals surface area contributed by atoms with Gasteiger partial charge in [-0.3, -0.25) is 5.84 Å². The van der Waals surface area contributed by atoms with Crippen molar-refractivity contribution in [3.8, 4) is 0 Å². The molecule has 0 aromatic heterocycles. The standard InChI is InChI=1S/C9H14N2O2S/c1-2-9(14(12,13)11-10)8-6-4-3-5-7-8/h3-7,9,11H,2,10H2,1H3/t9-/m1/s1. The van der Waals surface area contributed by atoms with E-state index in [1.54, 1.807) is 12.1 Å². The molecule has 1 aromatic carbocycles. The molecule has 0 bridgehead atoms. The highest BCUT2D eigenvalue weighted by Crippen LogP contribution is 2.23. The molecule has 0 aliphatic heterocycles. The third kappa shape index (κ3) is 2.31. The van der Waals surface area contributed by atoms with E-state index in [1.165, 1.54) is 0 Å². The maximum atomic E-state index is 11.5. The largest absolute Gasteiger partial charge is 0.258 e. The second kappa shape index (κ2) is 4.54. The Morgan fingerprint density at radius 3 is 2.36 bits per heavy atom. The Hall–Kier alpha value is -0.910. The maximum absolute atomic E-state index is 11.5. The van der Waals surface area contributed by atoms with Gasteiger partial charge in [0.25, 0.3) is 0 Å². The van der Waals surface area contributed by atoms with Crippen molar-refractivity contribution in [3.05, 3.63) is 35.9 Å². The van der Waals surface area contributed by atoms with Gasteiger partial charge in [0.2, 0.25) is 10.0 Å². The van der Waals surface area contributed by atoms with Gasteiger partial charge in [-0.1, -0.05) is 37.3 Å². The fourth-order valence-electron chi connectivity index (χ4n) is 1.38. The molecule has 4 nitrogen and oxygen atoms in total. The van der Waals surface area contributed by atoms with E-state index in [2.05, 4.69) is 0 Å². The highest BCUT2D eigenvalue weighted by atomic mass is 32.2. The van der Waals surface area contributed by atoms with Gasteiger partial charge in [0, 0.05) is 0 Å². The summed E-state index contributed by atoms with van der Waals surface area (Å²) in [5, 5.41) is -0.575. The number of rotatable bonds is 4. The zero-order chi connectivity index (χ0) is 10.6. The van der Waals surface area contributed by atoms with Crippen LogP contribution >= 0.6 is 0 Å². The Labute approximate surface area is 84.1 Å². The zero-order valence-corrected chi connectivity index (χ0v) is 8.79. The highest BCUT2D eigenvalue weighted by molar-refractivity contribution is 7.89. The molecule has 14 heavy (non-hydrogen) atoms. The first-order chi connectivity index (χ1) is 6.61. The first-order valence-corrected chi connectivity index (χ1v) is 5.92. The lowest BCUT2D eigenvalue weighted by molar-refractivity contribution is 0.566. The predicted molar refractivity (Wildman–Crippen MR) is 55.7 cm³/mol. The molecule has 0 saturated heterocycles. The SMILES string of the molecule is CC[C@H](c1ccccc1)S(=O)(=O)NN. The van der Waals surface area contributed by atoms with Crippen LogP contribution in [0.25, 0.3) is 0 Å². The number of hydrazine groups is 1. The van der Waals surface area contributed by atoms with Crippen molar-refractivity contribution in [2.24, 2.45) is 5.84 Å². The van der Waals surface area contributed by atoms with Gasteiger partial charge in [0.15, 0.2) is 0 Å². The zero-order valence-electron chi connectivity index (χ0n) is 7.97. The third-order valence-electron chi connectivity index (χ3n) is 2.08. The van der Waals surface area contributed by atoms with Crippen LogP contribution in [0.3, 0.4) is 0 Å². The summed E-state index contributed by atoms with van der Waals surface area (Å²) < 4.78 is 23.0. The van der Waals surface area contributed by atoms with Gasteiger partial charge in [0.05, 0.1) is 0 Å². The van der Waals surface area contributed by atoms with Gasteiger partial charge < -0.3 is 0 Å². The van der Waals surface area contributed by atoms with Crippen LogP contribution in [0.15, 0.2) is 30.3 Å². The van der Waals surface area contributed by atoms with Crippen LogP contribution in [0, 0.1) is 0 Å². The normalized spacial score (nSPS) is 13.9. The Kier molecular flexibility index (Phi) is 3.62. The van der Waals surface area contributed by atoms with Gasteiger partial charge in [-0.15, -0.1) is 0 Å². The van der Waals surface area contributed by atoms with Crippen molar-refractivity contribution in [2.45, 2.75) is 18.6 Å². The number of hydrogen-bond donors (Lipinski definition) is 2. The van der Waals surface area contributed by atoms with E-state index in [1.807, 2.05) is 30.0 Å². The van der Waals surface area contributed by atoms with Crippen molar-refractivity contribution >= 4 is 10.0 Å². The Morgan fingerprint density at radius 1 is 1.36 bits per heavy atom. The van der Waals surface area contributed by atoms with Gasteiger partial charge in [-0.25, -0.2) is 8.42 Å². The summed E-state index contributed by atoms with van der Waals surface area (Å²) in [5.41, 5.74) is 0.757. The molecule has 0 aliphatic rings. The molecule has 0 heterocycles. The monoisotopic (exact) mass is 214 g/mol. The van der Waals surface area contributed by atoms with Crippen LogP contribution in [0.4, 0.5) is 0 Å². The molecule has 78 valence electrons. The molecule has 1 rings (SSSR count). The first-order valence-electron chi connectivity index (χ1n) is 4.38. The third-order valence-corrected chi connectivity index (χ3v) is 3.76. The van der Waals surface area contributed by atoms with Crippen molar-refractivity contribution in [2.75, 3.05) is 0 Å². The molecule has 1 atom stereocenters. The lowest BCUT2D eigenvalue weighted by atomic mass is 10.1. The smallest absolute Gasteiger partial charge is 0.231 e. The van der Waals surface area contributed by atoms with E-state index < -0.39 is 15.3 Å². The highest BCUT2D eigenvalue weighted by Gasteiger charge is 2.23. The summed E-state index contributed by atoms with van der Waals surface area (Å²) in [6, 6.07) is 9.03. The minimum absolute atomic E-state index is 0.497. The minimum atomic E-state index is -3.44. The lowest BCUT2D eigenvalue weighted by Gasteiger charge is -2.14. The summed E-state index contributed by atoms with van der Waals surface area (Å²) in [6.07, 6.45) is 0.497. The van der Waals surface area contributed by atoms with E-state index in [4.69, 9.17) is 5.84 Å². The summed E-state index contributed by atoms with van der Waals surface area (Å²) >= 11 is 0. The number of nitrogens with one attached hydrogen (secondary N) is 1. The van der Waals surface area contributed by atoms with Crippen LogP contribution in [0.1, 0.15) is 24.2 Å². The fraction of sp³-hybridized carbons (Fsp3) is 0.333. The fourth-order valence-corrected chi connectivity index (χ4v) is 2.50. The summed E-state index contributed by atoms with van der Waals surface area (Å²) in [4.78, 5) is 1.86. The van der Waals surface area contributed by atoms with Crippen LogP contribution in [0.5, 0.6) is 0 Å². The Bertz CT molecular complexity index is 375. The average molecular weight is 214 g/mol. The molecular formula is C9H14N2O2S. The average Bonchev–Trinajstić information content (AvgIpc) is 2.20. The summed E-state index contributed by atoms with van der Waals surface area (Å²) in [6.45, 7) is 1.81. The molecule has 3 N–H and O–H groups in total. The van der Waals surface area contributed by atoms with Gasteiger partial charge in [-0.05, 0) is 12.0 Å². The van der Waals surface area contributed by atoms with Crippen LogP contribution in [-0.4, -0.2) is 8.42 Å². The van der Waals surface area contributed by atoms with Crippen molar-refractivity contribution < 1.29 is 8.42 Å². The Morgan fingerprint density at radius 2 is 1.93 bits per heavy atom. The van der Waals surface area contributed by atoms with Crippen molar-refractivity contribution in [3.63, 3.8) is 0 Å². The molecule has 0 spiro atoms. The van der Waals surface area contributed by atoms with E-state index >= 15 is 0 Å². The Balaban J connectivity index is 3.06. The minimum Gasteiger partial charge on any atom is -0.258 e. The predicted octanol–water partition coefficient (Wildman–Crippen LogP) is 0.931. The molecule has 0 aliphatic carbocycles. The number of sulfonamides is 1. The van der Waals surface area contributed by atoms with Crippen LogP contribution in [-0.2, 0) is 10.0 Å². The quantitative estimate of drug-likeness (QED) is 0.578. The summed E-state index contributed by atoms with van der Waals surface area (Å²) in [5.74, 6) is 4.98. The van der Waals surface area contributed by atoms with Crippen molar-refractivity contribution in [1.29, 1.82) is 0 Å². The molecule has 0 fully saturated rings. The molecule has 5 heteroatoms. The van der Waals surface area contributed by atoms with Crippen molar-refractivity contribution in [1.82, 2.24) is 4.83 Å². The lowest BCUT2D eigenvalue weighted by Crippen LogP contribution is -2.34. The number of benzene rings is 1. The van der Waals surface area contributed by atoms with E-state index in [0.717, 1.165) is 5.56 Å². The van der Waals surface area contributed by atoms with E-state index in [9.17, 15) is 8.42 Å². The number of nitrogens with two attached hydrogens (primary N) is 1. The molecule has 0 amide bonds. The second-order valence-corrected chi connectivity index (χ2v) is 4.87. The maximum Gasteiger partial charge on any atom is 0.231 e. The van der Waals surface area contributed by atoms with E-state index in [-0.39, 0.29) is 0 Å². The molecule has 0 unspecified atom stereocenters. The van der Waals surface area contributed by atoms with E-state index in [0.29, 0.717) is 6.42 Å². The van der Waals surface area contributed by atoms with Crippen LogP contribution in [0.2, 0.25) is 0 Å². The first kappa shape index (κ1) is 11.2. The molecular weight excluding hydrogens is 200 g/mol. The second-order valence-electron chi connectivity index (χ2n) is 2.97. The van der Waals surface area contributed by atoms with Gasteiger partial charge >= 0.3 is 0 Å². The van der Waals surface area contributed by atoms with Gasteiger partial charge in [-0.2, -0.15) is 4.83 Å². The van der Waals surface area contributed by atoms with Crippen LogP contribution < -0.4 is 10.7 Å². The molecule has 1 aromatic rings. The topological polar surface area (TPSA) is 72.2 Å². The molecule has 0 saturated carbocycles. The van der Waals surface area contributed by atoms with Gasteiger partial charge in [0.1, 0.15) is 5.25 Å². The molecule has 0 radical (unpaired) electrons. The summed E-state index contributed by atoms with van der Waals surface area (Å²) in [7, 11) is -3.44.